The molecule has 88 valence electrons. The van der Waals surface area contributed by atoms with Gasteiger partial charge in [-0.25, -0.2) is 0 Å². The smallest absolute Gasteiger partial charge is 0.227 e. The summed E-state index contributed by atoms with van der Waals surface area (Å²) in [4.78, 5) is 25.2. The van der Waals surface area contributed by atoms with Crippen LogP contribution in [-0.2, 0) is 11.2 Å². The number of fused-ring (bicyclic) bond motifs is 1. The van der Waals surface area contributed by atoms with E-state index in [4.69, 9.17) is 0 Å². The number of anilines is 1. The second kappa shape index (κ2) is 3.99. The van der Waals surface area contributed by atoms with E-state index >= 15 is 0 Å². The number of benzene rings is 1. The normalized spacial score (nSPS) is 19.6. The first-order valence-electron chi connectivity index (χ1n) is 6.22. The molecule has 3 rings (SSSR count). The maximum atomic E-state index is 11.7. The lowest BCUT2D eigenvalue weighted by molar-refractivity contribution is -0.117. The molecule has 0 bridgehead atoms. The molecule has 1 aliphatic carbocycles. The summed E-state index contributed by atoms with van der Waals surface area (Å²) in [6.07, 6.45) is 4.14. The third-order valence-electron chi connectivity index (χ3n) is 3.62. The molecule has 0 radical (unpaired) electrons. The summed E-state index contributed by atoms with van der Waals surface area (Å²) in [6.45, 7) is 0.811. The van der Waals surface area contributed by atoms with Gasteiger partial charge in [-0.15, -0.1) is 0 Å². The van der Waals surface area contributed by atoms with Crippen LogP contribution in [0, 0.1) is 0 Å². The Labute approximate surface area is 100 Å². The topological polar surface area (TPSA) is 37.4 Å². The van der Waals surface area contributed by atoms with E-state index in [1.165, 1.54) is 0 Å². The molecule has 0 N–H and O–H groups in total. The first-order chi connectivity index (χ1) is 8.25. The van der Waals surface area contributed by atoms with E-state index in [9.17, 15) is 9.59 Å². The van der Waals surface area contributed by atoms with Crippen molar-refractivity contribution >= 4 is 17.4 Å². The van der Waals surface area contributed by atoms with Crippen LogP contribution >= 0.6 is 0 Å². The molecular weight excluding hydrogens is 214 g/mol. The van der Waals surface area contributed by atoms with Gasteiger partial charge in [0.05, 0.1) is 0 Å². The third kappa shape index (κ3) is 1.75. The summed E-state index contributed by atoms with van der Waals surface area (Å²) in [6, 6.07) is 5.82. The van der Waals surface area contributed by atoms with Crippen molar-refractivity contribution in [2.45, 2.75) is 32.1 Å². The lowest BCUT2D eigenvalue weighted by Gasteiger charge is -2.20. The van der Waals surface area contributed by atoms with Crippen molar-refractivity contribution in [3.8, 4) is 0 Å². The number of amides is 1. The largest absolute Gasteiger partial charge is 0.312 e. The quantitative estimate of drug-likeness (QED) is 0.741. The van der Waals surface area contributed by atoms with Crippen molar-refractivity contribution in [1.29, 1.82) is 0 Å². The fourth-order valence-corrected chi connectivity index (χ4v) is 2.72. The molecule has 1 aromatic rings. The van der Waals surface area contributed by atoms with E-state index in [1.54, 1.807) is 0 Å². The molecule has 0 saturated carbocycles. The first-order valence-corrected chi connectivity index (χ1v) is 6.22. The van der Waals surface area contributed by atoms with Crippen LogP contribution in [0.3, 0.4) is 0 Å². The minimum atomic E-state index is 0.201. The molecule has 17 heavy (non-hydrogen) atoms. The van der Waals surface area contributed by atoms with Crippen LogP contribution in [-0.4, -0.2) is 18.2 Å². The zero-order valence-corrected chi connectivity index (χ0v) is 9.74. The monoisotopic (exact) mass is 229 g/mol. The van der Waals surface area contributed by atoms with Crippen LogP contribution in [0.25, 0.3) is 0 Å². The zero-order chi connectivity index (χ0) is 11.8. The van der Waals surface area contributed by atoms with E-state index in [2.05, 4.69) is 0 Å². The number of rotatable bonds is 1. The van der Waals surface area contributed by atoms with E-state index < -0.39 is 0 Å². The number of aryl methyl sites for hydroxylation is 1. The van der Waals surface area contributed by atoms with E-state index in [-0.39, 0.29) is 11.7 Å². The van der Waals surface area contributed by atoms with Crippen LogP contribution in [0.4, 0.5) is 5.69 Å². The molecule has 2 aliphatic rings. The van der Waals surface area contributed by atoms with Gasteiger partial charge in [-0.05, 0) is 43.0 Å². The van der Waals surface area contributed by atoms with Crippen LogP contribution in [0.15, 0.2) is 18.2 Å². The Morgan fingerprint density at radius 2 is 1.88 bits per heavy atom. The number of hydrogen-bond donors (Lipinski definition) is 0. The van der Waals surface area contributed by atoms with Crippen molar-refractivity contribution < 1.29 is 9.59 Å². The van der Waals surface area contributed by atoms with Gasteiger partial charge < -0.3 is 4.90 Å². The second-order valence-corrected chi connectivity index (χ2v) is 4.77. The van der Waals surface area contributed by atoms with Crippen molar-refractivity contribution in [1.82, 2.24) is 0 Å². The minimum Gasteiger partial charge on any atom is -0.312 e. The third-order valence-corrected chi connectivity index (χ3v) is 3.62. The molecule has 0 spiro atoms. The van der Waals surface area contributed by atoms with Gasteiger partial charge in [0.2, 0.25) is 5.91 Å². The van der Waals surface area contributed by atoms with Gasteiger partial charge in [-0.2, -0.15) is 0 Å². The van der Waals surface area contributed by atoms with Crippen molar-refractivity contribution in [2.75, 3.05) is 11.4 Å². The van der Waals surface area contributed by atoms with Crippen LogP contribution in [0.5, 0.6) is 0 Å². The Kier molecular flexibility index (Phi) is 2.46. The fraction of sp³-hybridized carbons (Fsp3) is 0.429. The average Bonchev–Trinajstić information content (AvgIpc) is 2.75. The predicted octanol–water partition coefficient (Wildman–Crippen LogP) is 2.33. The number of nitrogens with zero attached hydrogens (tertiary/aromatic N) is 1. The Morgan fingerprint density at radius 1 is 1.00 bits per heavy atom. The zero-order valence-electron chi connectivity index (χ0n) is 9.74. The van der Waals surface area contributed by atoms with Gasteiger partial charge in [-0.3, -0.25) is 9.59 Å². The molecule has 1 aliphatic heterocycles. The van der Waals surface area contributed by atoms with Gasteiger partial charge in [-0.1, -0.05) is 0 Å². The number of hydrogen-bond acceptors (Lipinski definition) is 2. The Hall–Kier alpha value is -1.64. The van der Waals surface area contributed by atoms with E-state index in [1.807, 2.05) is 23.1 Å². The molecule has 1 fully saturated rings. The summed E-state index contributed by atoms with van der Waals surface area (Å²) in [5.74, 6) is 0.442. The van der Waals surface area contributed by atoms with E-state index in [0.29, 0.717) is 12.8 Å². The molecule has 0 atom stereocenters. The highest BCUT2D eigenvalue weighted by molar-refractivity contribution is 6.00. The summed E-state index contributed by atoms with van der Waals surface area (Å²) in [5.41, 5.74) is 2.92. The lowest BCUT2D eigenvalue weighted by Crippen LogP contribution is -2.24. The van der Waals surface area contributed by atoms with E-state index in [0.717, 1.165) is 42.6 Å². The molecule has 1 aromatic carbocycles. The van der Waals surface area contributed by atoms with Crippen LogP contribution in [0.2, 0.25) is 0 Å². The second-order valence-electron chi connectivity index (χ2n) is 4.77. The highest BCUT2D eigenvalue weighted by Crippen LogP contribution is 2.28. The molecule has 0 aromatic heterocycles. The predicted molar refractivity (Wildman–Crippen MR) is 65.3 cm³/mol. The van der Waals surface area contributed by atoms with Gasteiger partial charge in [0, 0.05) is 30.6 Å². The molecular formula is C14H15NO2. The van der Waals surface area contributed by atoms with Crippen molar-refractivity contribution in [3.05, 3.63) is 29.3 Å². The summed E-state index contributed by atoms with van der Waals surface area (Å²) in [7, 11) is 0. The molecule has 1 saturated heterocycles. The molecule has 3 nitrogen and oxygen atoms in total. The summed E-state index contributed by atoms with van der Waals surface area (Å²) >= 11 is 0. The van der Waals surface area contributed by atoms with Crippen molar-refractivity contribution in [3.63, 3.8) is 0 Å². The molecule has 3 heteroatoms. The maximum Gasteiger partial charge on any atom is 0.227 e. The van der Waals surface area contributed by atoms with Gasteiger partial charge in [0.15, 0.2) is 5.78 Å². The lowest BCUT2D eigenvalue weighted by atomic mass is 9.90. The SMILES string of the molecule is O=C1CCCc2cc(N3CCCC3=O)ccc21. The van der Waals surface area contributed by atoms with Gasteiger partial charge in [0.25, 0.3) is 0 Å². The average molecular weight is 229 g/mol. The Bertz CT molecular complexity index is 493. The first kappa shape index (κ1) is 10.5. The summed E-state index contributed by atoms with van der Waals surface area (Å²) in [5, 5.41) is 0. The molecule has 1 heterocycles. The molecule has 0 unspecified atom stereocenters. The highest BCUT2D eigenvalue weighted by Gasteiger charge is 2.24. The Morgan fingerprint density at radius 3 is 2.65 bits per heavy atom. The van der Waals surface area contributed by atoms with Crippen LogP contribution in [0.1, 0.15) is 41.6 Å². The number of carbonyl (C=O) groups is 2. The van der Waals surface area contributed by atoms with Gasteiger partial charge in [0.1, 0.15) is 0 Å². The van der Waals surface area contributed by atoms with Crippen LogP contribution < -0.4 is 4.90 Å². The standard InChI is InChI=1S/C14H15NO2/c16-13-4-1-3-10-9-11(6-7-12(10)13)15-8-2-5-14(15)17/h6-7,9H,1-5,8H2. The Balaban J connectivity index is 1.98. The van der Waals surface area contributed by atoms with Crippen molar-refractivity contribution in [2.24, 2.45) is 0 Å². The number of ketones is 1. The highest BCUT2D eigenvalue weighted by atomic mass is 16.2. The molecule has 1 amide bonds. The maximum absolute atomic E-state index is 11.7. The number of carbonyl (C=O) groups excluding carboxylic acids is 2. The fourth-order valence-electron chi connectivity index (χ4n) is 2.72. The number of Topliss-reactive ketones (excluding diaryl/α,β-unsaturated/α-hetero) is 1. The summed E-state index contributed by atoms with van der Waals surface area (Å²) < 4.78 is 0. The minimum absolute atomic E-state index is 0.201. The van der Waals surface area contributed by atoms with Gasteiger partial charge >= 0.3 is 0 Å².